The fourth-order valence-corrected chi connectivity index (χ4v) is 3.92. The number of benzene rings is 1. The van der Waals surface area contributed by atoms with Gasteiger partial charge >= 0.3 is 5.97 Å². The van der Waals surface area contributed by atoms with E-state index in [1.807, 2.05) is 12.1 Å². The Hall–Kier alpha value is -1.27. The quantitative estimate of drug-likeness (QED) is 0.581. The van der Waals surface area contributed by atoms with Crippen molar-refractivity contribution in [3.63, 3.8) is 0 Å². The van der Waals surface area contributed by atoms with Crippen LogP contribution in [0.25, 0.3) is 0 Å². The number of hydrogen-bond acceptors (Lipinski definition) is 3. The number of hydrogen-bond donors (Lipinski definition) is 1. The van der Waals surface area contributed by atoms with Crippen molar-refractivity contribution in [2.75, 3.05) is 6.61 Å². The zero-order valence-electron chi connectivity index (χ0n) is 16.0. The number of carboxylic acids is 1. The van der Waals surface area contributed by atoms with Gasteiger partial charge in [-0.15, -0.1) is 12.4 Å². The van der Waals surface area contributed by atoms with Gasteiger partial charge in [0.05, 0.1) is 21.4 Å². The number of aliphatic carboxylic acids is 1. The highest BCUT2D eigenvalue weighted by molar-refractivity contribution is 6.42. The Morgan fingerprint density at radius 1 is 1.32 bits per heavy atom. The Balaban J connectivity index is 0.00000280. The maximum atomic E-state index is 11.0. The van der Waals surface area contributed by atoms with Crippen LogP contribution in [0.5, 0.6) is 0 Å². The van der Waals surface area contributed by atoms with Crippen LogP contribution >= 0.6 is 35.6 Å². The fraction of sp³-hybridized carbons (Fsp3) is 0.500. The zero-order valence-corrected chi connectivity index (χ0v) is 18.3. The summed E-state index contributed by atoms with van der Waals surface area (Å²) in [5.74, 6) is 0.261. The minimum Gasteiger partial charge on any atom is -0.480 e. The van der Waals surface area contributed by atoms with Gasteiger partial charge in [-0.1, -0.05) is 49.5 Å². The van der Waals surface area contributed by atoms with Crippen molar-refractivity contribution in [3.8, 4) is 0 Å². The van der Waals surface area contributed by atoms with Gasteiger partial charge < -0.3 is 14.4 Å². The molecule has 0 radical (unpaired) electrons. The first kappa shape index (κ1) is 23.0. The number of nitrogens with zero attached hydrogens (tertiary/aromatic N) is 2. The second-order valence-corrected chi connectivity index (χ2v) is 8.04. The number of halogens is 3. The molecule has 1 aliphatic rings. The van der Waals surface area contributed by atoms with E-state index < -0.39 is 5.97 Å². The molecule has 0 spiro atoms. The molecule has 8 heteroatoms. The summed E-state index contributed by atoms with van der Waals surface area (Å²) in [5.41, 5.74) is 3.04. The molecule has 28 heavy (non-hydrogen) atoms. The molecule has 0 bridgehead atoms. The number of rotatable bonds is 6. The molecule has 0 aliphatic heterocycles. The van der Waals surface area contributed by atoms with E-state index in [-0.39, 0.29) is 31.0 Å². The SMILES string of the molecule is CC(C)c1nc2c(n1Cc1ccc(Cl)c(Cl)c1)C(OCC(=O)O)CCCC2.Cl. The lowest BCUT2D eigenvalue weighted by atomic mass is 10.1. The number of imidazole rings is 1. The number of aromatic nitrogens is 2. The molecule has 0 fully saturated rings. The second-order valence-electron chi connectivity index (χ2n) is 7.23. The topological polar surface area (TPSA) is 64.4 Å². The summed E-state index contributed by atoms with van der Waals surface area (Å²) in [6.45, 7) is 4.51. The lowest BCUT2D eigenvalue weighted by Gasteiger charge is -2.21. The standard InChI is InChI=1S/C20H24Cl2N2O3.ClH/c1-12(2)20-23-16-5-3-4-6-17(27-11-18(25)26)19(16)24(20)10-13-7-8-14(21)15(22)9-13;/h7-9,12,17H,3-6,10-11H2,1-2H3,(H,25,26);1H. The highest BCUT2D eigenvalue weighted by Gasteiger charge is 2.28. The summed E-state index contributed by atoms with van der Waals surface area (Å²) < 4.78 is 7.94. The van der Waals surface area contributed by atoms with Gasteiger partial charge in [0.25, 0.3) is 0 Å². The molecule has 1 aromatic carbocycles. The summed E-state index contributed by atoms with van der Waals surface area (Å²) in [4.78, 5) is 15.9. The normalized spacial score (nSPS) is 16.4. The van der Waals surface area contributed by atoms with Crippen molar-refractivity contribution < 1.29 is 14.6 Å². The third-order valence-corrected chi connectivity index (χ3v) is 5.54. The molecule has 1 heterocycles. The molecule has 0 saturated carbocycles. The van der Waals surface area contributed by atoms with Crippen LogP contribution in [0.2, 0.25) is 10.0 Å². The van der Waals surface area contributed by atoms with Gasteiger partial charge in [-0.25, -0.2) is 9.78 Å². The maximum Gasteiger partial charge on any atom is 0.329 e. The summed E-state index contributed by atoms with van der Waals surface area (Å²) >= 11 is 12.2. The van der Waals surface area contributed by atoms with E-state index in [2.05, 4.69) is 18.4 Å². The van der Waals surface area contributed by atoms with Crippen molar-refractivity contribution in [1.29, 1.82) is 0 Å². The van der Waals surface area contributed by atoms with Crippen LogP contribution in [-0.4, -0.2) is 27.2 Å². The van der Waals surface area contributed by atoms with Gasteiger partial charge in [0.15, 0.2) is 0 Å². The summed E-state index contributed by atoms with van der Waals surface area (Å²) in [5, 5.41) is 10.1. The Bertz CT molecular complexity index is 836. The predicted octanol–water partition coefficient (Wildman–Crippen LogP) is 5.65. The average Bonchev–Trinajstić information content (AvgIpc) is 2.83. The Morgan fingerprint density at radius 3 is 2.71 bits per heavy atom. The Morgan fingerprint density at radius 2 is 2.07 bits per heavy atom. The second kappa shape index (κ2) is 9.97. The Labute approximate surface area is 181 Å². The molecule has 2 aromatic rings. The average molecular weight is 448 g/mol. The van der Waals surface area contributed by atoms with Crippen LogP contribution in [0.4, 0.5) is 0 Å². The highest BCUT2D eigenvalue weighted by atomic mass is 35.5. The first-order valence-electron chi connectivity index (χ1n) is 9.23. The van der Waals surface area contributed by atoms with E-state index in [1.54, 1.807) is 6.07 Å². The van der Waals surface area contributed by atoms with Crippen molar-refractivity contribution in [3.05, 3.63) is 51.0 Å². The summed E-state index contributed by atoms with van der Waals surface area (Å²) in [7, 11) is 0. The van der Waals surface area contributed by atoms with Crippen molar-refractivity contribution in [2.24, 2.45) is 0 Å². The van der Waals surface area contributed by atoms with E-state index in [9.17, 15) is 4.79 Å². The van der Waals surface area contributed by atoms with Gasteiger partial charge in [0, 0.05) is 12.5 Å². The molecule has 3 rings (SSSR count). The number of carboxylic acid groups (broad SMARTS) is 1. The fourth-order valence-electron chi connectivity index (χ4n) is 3.60. The minimum absolute atomic E-state index is 0. The third-order valence-electron chi connectivity index (χ3n) is 4.80. The van der Waals surface area contributed by atoms with E-state index in [4.69, 9.17) is 38.0 Å². The van der Waals surface area contributed by atoms with Gasteiger partial charge in [-0.2, -0.15) is 0 Å². The largest absolute Gasteiger partial charge is 0.480 e. The molecule has 154 valence electrons. The van der Waals surface area contributed by atoms with Gasteiger partial charge in [-0.3, -0.25) is 0 Å². The van der Waals surface area contributed by atoms with Crippen LogP contribution < -0.4 is 0 Å². The summed E-state index contributed by atoms with van der Waals surface area (Å²) in [6.07, 6.45) is 3.44. The van der Waals surface area contributed by atoms with Crippen LogP contribution in [-0.2, 0) is 22.5 Å². The molecule has 5 nitrogen and oxygen atoms in total. The van der Waals surface area contributed by atoms with Crippen molar-refractivity contribution >= 4 is 41.6 Å². The summed E-state index contributed by atoms with van der Waals surface area (Å²) in [6, 6.07) is 5.61. The van der Waals surface area contributed by atoms with Gasteiger partial charge in [0.1, 0.15) is 18.5 Å². The van der Waals surface area contributed by atoms with Crippen LogP contribution in [0.1, 0.15) is 67.9 Å². The molecule has 1 unspecified atom stereocenters. The third kappa shape index (κ3) is 5.20. The van der Waals surface area contributed by atoms with Crippen LogP contribution in [0, 0.1) is 0 Å². The van der Waals surface area contributed by atoms with E-state index in [1.165, 1.54) is 0 Å². The molecule has 1 aromatic heterocycles. The van der Waals surface area contributed by atoms with Gasteiger partial charge in [-0.05, 0) is 37.0 Å². The number of fused-ring (bicyclic) bond motifs is 1. The minimum atomic E-state index is -0.958. The Kier molecular flexibility index (Phi) is 8.19. The molecule has 1 N–H and O–H groups in total. The van der Waals surface area contributed by atoms with Crippen molar-refractivity contribution in [2.45, 2.75) is 58.1 Å². The van der Waals surface area contributed by atoms with E-state index >= 15 is 0 Å². The first-order chi connectivity index (χ1) is 12.9. The first-order valence-corrected chi connectivity index (χ1v) is 9.99. The molecule has 1 aliphatic carbocycles. The highest BCUT2D eigenvalue weighted by Crippen LogP contribution is 2.35. The number of aryl methyl sites for hydroxylation is 1. The van der Waals surface area contributed by atoms with E-state index in [0.29, 0.717) is 16.6 Å². The predicted molar refractivity (Wildman–Crippen MR) is 113 cm³/mol. The lowest BCUT2D eigenvalue weighted by molar-refractivity contribution is -0.144. The molecular weight excluding hydrogens is 423 g/mol. The van der Waals surface area contributed by atoms with E-state index in [0.717, 1.165) is 48.5 Å². The molecule has 0 saturated heterocycles. The molecular formula is C20H25Cl3N2O3. The van der Waals surface area contributed by atoms with Crippen molar-refractivity contribution in [1.82, 2.24) is 9.55 Å². The van der Waals surface area contributed by atoms with Crippen LogP contribution in [0.3, 0.4) is 0 Å². The zero-order chi connectivity index (χ0) is 19.6. The lowest BCUT2D eigenvalue weighted by Crippen LogP contribution is -2.18. The number of carbonyl (C=O) groups is 1. The monoisotopic (exact) mass is 446 g/mol. The molecule has 0 amide bonds. The smallest absolute Gasteiger partial charge is 0.329 e. The van der Waals surface area contributed by atoms with Gasteiger partial charge in [0.2, 0.25) is 0 Å². The molecule has 1 atom stereocenters. The van der Waals surface area contributed by atoms with Crippen LogP contribution in [0.15, 0.2) is 18.2 Å². The number of ether oxygens (including phenoxy) is 1. The maximum absolute atomic E-state index is 11.0.